The average molecular weight is 251 g/mol. The van der Waals surface area contributed by atoms with Gasteiger partial charge in [-0.05, 0) is 43.5 Å². The highest BCUT2D eigenvalue weighted by molar-refractivity contribution is 5.43. The largest absolute Gasteiger partial charge is 0.493 e. The molecule has 0 fully saturated rings. The summed E-state index contributed by atoms with van der Waals surface area (Å²) < 4.78 is 10.6. The molecule has 1 rings (SSSR count). The molecule has 0 heterocycles. The molecule has 1 atom stereocenters. The van der Waals surface area contributed by atoms with E-state index in [1.807, 2.05) is 12.1 Å². The van der Waals surface area contributed by atoms with E-state index >= 15 is 0 Å². The van der Waals surface area contributed by atoms with Gasteiger partial charge in [0.05, 0.1) is 14.2 Å². The molecule has 1 unspecified atom stereocenters. The number of hydrogen-bond acceptors (Lipinski definition) is 3. The van der Waals surface area contributed by atoms with E-state index in [9.17, 15) is 0 Å². The highest BCUT2D eigenvalue weighted by Crippen LogP contribution is 2.29. The summed E-state index contributed by atoms with van der Waals surface area (Å²) in [6, 6.07) is 6.39. The number of benzene rings is 1. The highest BCUT2D eigenvalue weighted by atomic mass is 16.5. The number of ether oxygens (including phenoxy) is 2. The van der Waals surface area contributed by atoms with Crippen molar-refractivity contribution < 1.29 is 9.47 Å². The van der Waals surface area contributed by atoms with Crippen LogP contribution in [-0.4, -0.2) is 20.8 Å². The molecule has 0 spiro atoms. The summed E-state index contributed by atoms with van der Waals surface area (Å²) >= 11 is 0. The minimum atomic E-state index is 0.323. The summed E-state index contributed by atoms with van der Waals surface area (Å²) in [5.41, 5.74) is 1.22. The first-order chi connectivity index (χ1) is 8.58. The van der Waals surface area contributed by atoms with E-state index < -0.39 is 0 Å². The van der Waals surface area contributed by atoms with E-state index in [-0.39, 0.29) is 0 Å². The van der Waals surface area contributed by atoms with Crippen molar-refractivity contribution in [3.05, 3.63) is 23.8 Å². The van der Waals surface area contributed by atoms with Crippen LogP contribution < -0.4 is 14.8 Å². The molecule has 0 aliphatic heterocycles. The van der Waals surface area contributed by atoms with Crippen molar-refractivity contribution >= 4 is 0 Å². The Balaban J connectivity index is 2.65. The van der Waals surface area contributed by atoms with Crippen molar-refractivity contribution in [2.24, 2.45) is 5.92 Å². The van der Waals surface area contributed by atoms with Crippen LogP contribution >= 0.6 is 0 Å². The molecule has 0 aromatic heterocycles. The van der Waals surface area contributed by atoms with Gasteiger partial charge in [0, 0.05) is 6.04 Å². The monoisotopic (exact) mass is 251 g/mol. The zero-order chi connectivity index (χ0) is 13.5. The first-order valence-corrected chi connectivity index (χ1v) is 6.53. The summed E-state index contributed by atoms with van der Waals surface area (Å²) in [6.07, 6.45) is 1.19. The predicted octanol–water partition coefficient (Wildman–Crippen LogP) is 3.40. The van der Waals surface area contributed by atoms with E-state index in [1.165, 1.54) is 12.0 Å². The number of hydrogen-bond donors (Lipinski definition) is 1. The van der Waals surface area contributed by atoms with Crippen molar-refractivity contribution in [1.82, 2.24) is 5.32 Å². The van der Waals surface area contributed by atoms with Crippen molar-refractivity contribution in [2.45, 2.75) is 33.2 Å². The third kappa shape index (κ3) is 4.22. The molecular weight excluding hydrogens is 226 g/mol. The molecule has 0 saturated heterocycles. The van der Waals surface area contributed by atoms with Gasteiger partial charge in [-0.2, -0.15) is 0 Å². The molecule has 0 aliphatic rings. The molecule has 3 nitrogen and oxygen atoms in total. The zero-order valence-electron chi connectivity index (χ0n) is 12.1. The summed E-state index contributed by atoms with van der Waals surface area (Å²) in [4.78, 5) is 0. The SMILES string of the molecule is COc1ccc(C(C)NCCC(C)C)cc1OC. The van der Waals surface area contributed by atoms with Crippen LogP contribution in [0.5, 0.6) is 11.5 Å². The van der Waals surface area contributed by atoms with Gasteiger partial charge >= 0.3 is 0 Å². The second-order valence-corrected chi connectivity index (χ2v) is 4.97. The molecule has 1 aromatic carbocycles. The first kappa shape index (κ1) is 14.8. The molecule has 0 radical (unpaired) electrons. The van der Waals surface area contributed by atoms with Gasteiger partial charge in [0.15, 0.2) is 11.5 Å². The van der Waals surface area contributed by atoms with Crippen LogP contribution in [0, 0.1) is 5.92 Å². The van der Waals surface area contributed by atoms with Gasteiger partial charge in [0.1, 0.15) is 0 Å². The van der Waals surface area contributed by atoms with Gasteiger partial charge in [0.2, 0.25) is 0 Å². The molecule has 1 N–H and O–H groups in total. The fraction of sp³-hybridized carbons (Fsp3) is 0.600. The summed E-state index contributed by atoms with van der Waals surface area (Å²) in [6.45, 7) is 7.68. The van der Waals surface area contributed by atoms with Gasteiger partial charge < -0.3 is 14.8 Å². The molecule has 1 aromatic rings. The van der Waals surface area contributed by atoms with E-state index in [2.05, 4.69) is 32.2 Å². The zero-order valence-corrected chi connectivity index (χ0v) is 12.1. The van der Waals surface area contributed by atoms with Crippen LogP contribution in [0.2, 0.25) is 0 Å². The Morgan fingerprint density at radius 2 is 1.72 bits per heavy atom. The number of rotatable bonds is 7. The lowest BCUT2D eigenvalue weighted by Gasteiger charge is -2.17. The molecule has 0 aliphatic carbocycles. The predicted molar refractivity (Wildman–Crippen MR) is 75.4 cm³/mol. The van der Waals surface area contributed by atoms with Crippen LogP contribution in [-0.2, 0) is 0 Å². The van der Waals surface area contributed by atoms with Gasteiger partial charge in [-0.15, -0.1) is 0 Å². The van der Waals surface area contributed by atoms with Crippen LogP contribution in [0.3, 0.4) is 0 Å². The second-order valence-electron chi connectivity index (χ2n) is 4.97. The number of nitrogens with one attached hydrogen (secondary N) is 1. The Kier molecular flexibility index (Phi) is 5.99. The fourth-order valence-corrected chi connectivity index (χ4v) is 1.83. The Labute approximate surface area is 110 Å². The van der Waals surface area contributed by atoms with Crippen LogP contribution in [0.25, 0.3) is 0 Å². The smallest absolute Gasteiger partial charge is 0.161 e. The molecule has 18 heavy (non-hydrogen) atoms. The van der Waals surface area contributed by atoms with Gasteiger partial charge in [-0.3, -0.25) is 0 Å². The Hall–Kier alpha value is -1.22. The van der Waals surface area contributed by atoms with E-state index in [4.69, 9.17) is 9.47 Å². The number of methoxy groups -OCH3 is 2. The minimum absolute atomic E-state index is 0.323. The van der Waals surface area contributed by atoms with Crippen LogP contribution in [0.15, 0.2) is 18.2 Å². The topological polar surface area (TPSA) is 30.5 Å². The lowest BCUT2D eigenvalue weighted by atomic mass is 10.1. The standard InChI is InChI=1S/C15H25NO2/c1-11(2)8-9-16-12(3)13-6-7-14(17-4)15(10-13)18-5/h6-7,10-12,16H,8-9H2,1-5H3. The summed E-state index contributed by atoms with van der Waals surface area (Å²) in [7, 11) is 3.32. The quantitative estimate of drug-likeness (QED) is 0.805. The maximum Gasteiger partial charge on any atom is 0.161 e. The fourth-order valence-electron chi connectivity index (χ4n) is 1.83. The molecule has 102 valence electrons. The molecule has 0 bridgehead atoms. The molecular formula is C15H25NO2. The van der Waals surface area contributed by atoms with Crippen molar-refractivity contribution in [2.75, 3.05) is 20.8 Å². The third-order valence-electron chi connectivity index (χ3n) is 3.08. The van der Waals surface area contributed by atoms with Crippen LogP contribution in [0.1, 0.15) is 38.8 Å². The molecule has 3 heteroatoms. The van der Waals surface area contributed by atoms with Gasteiger partial charge in [-0.1, -0.05) is 19.9 Å². The lowest BCUT2D eigenvalue weighted by Crippen LogP contribution is -2.21. The Morgan fingerprint density at radius 1 is 1.06 bits per heavy atom. The summed E-state index contributed by atoms with van der Waals surface area (Å²) in [5.74, 6) is 2.29. The maximum atomic E-state index is 5.32. The summed E-state index contributed by atoms with van der Waals surface area (Å²) in [5, 5.41) is 3.52. The normalized spacial score (nSPS) is 12.6. The lowest BCUT2D eigenvalue weighted by molar-refractivity contribution is 0.354. The first-order valence-electron chi connectivity index (χ1n) is 6.53. The minimum Gasteiger partial charge on any atom is -0.493 e. The van der Waals surface area contributed by atoms with Gasteiger partial charge in [0.25, 0.3) is 0 Å². The van der Waals surface area contributed by atoms with Crippen molar-refractivity contribution in [1.29, 1.82) is 0 Å². The van der Waals surface area contributed by atoms with E-state index in [0.29, 0.717) is 6.04 Å². The Morgan fingerprint density at radius 3 is 2.28 bits per heavy atom. The van der Waals surface area contributed by atoms with E-state index in [1.54, 1.807) is 14.2 Å². The third-order valence-corrected chi connectivity index (χ3v) is 3.08. The molecule has 0 amide bonds. The van der Waals surface area contributed by atoms with Crippen molar-refractivity contribution in [3.63, 3.8) is 0 Å². The average Bonchev–Trinajstić information content (AvgIpc) is 2.37. The second kappa shape index (κ2) is 7.27. The van der Waals surface area contributed by atoms with Gasteiger partial charge in [-0.25, -0.2) is 0 Å². The maximum absolute atomic E-state index is 5.32. The van der Waals surface area contributed by atoms with Crippen molar-refractivity contribution in [3.8, 4) is 11.5 Å². The van der Waals surface area contributed by atoms with E-state index in [0.717, 1.165) is 24.0 Å². The molecule has 0 saturated carbocycles. The van der Waals surface area contributed by atoms with Crippen LogP contribution in [0.4, 0.5) is 0 Å². The highest BCUT2D eigenvalue weighted by Gasteiger charge is 2.09. The Bertz CT molecular complexity index is 364.